The number of nitrogens with two attached hydrogens (primary N) is 1. The largest absolute Gasteiger partial charge is 0.393 e. The van der Waals surface area contributed by atoms with Crippen LogP contribution in [0.5, 0.6) is 0 Å². The number of aliphatic hydroxyl groups excluding tert-OH is 1. The zero-order valence-electron chi connectivity index (χ0n) is 10.1. The highest BCUT2D eigenvalue weighted by Gasteiger charge is 2.23. The van der Waals surface area contributed by atoms with Crippen LogP contribution in [0.25, 0.3) is 0 Å². The lowest BCUT2D eigenvalue weighted by atomic mass is 9.80. The summed E-state index contributed by atoms with van der Waals surface area (Å²) in [5.41, 5.74) is 8.26. The molecule has 1 fully saturated rings. The molecule has 2 rings (SSSR count). The van der Waals surface area contributed by atoms with Crippen molar-refractivity contribution in [2.75, 3.05) is 0 Å². The van der Waals surface area contributed by atoms with Gasteiger partial charge in [-0.2, -0.15) is 0 Å². The number of hydrogen-bond acceptors (Lipinski definition) is 2. The van der Waals surface area contributed by atoms with Crippen LogP contribution in [0.1, 0.15) is 53.1 Å². The first kappa shape index (κ1) is 12.1. The maximum absolute atomic E-state index is 11.4. The van der Waals surface area contributed by atoms with Crippen molar-refractivity contribution in [3.63, 3.8) is 0 Å². The predicted octanol–water partition coefficient (Wildman–Crippen LogP) is 2.11. The van der Waals surface area contributed by atoms with Crippen molar-refractivity contribution in [2.24, 2.45) is 5.73 Å². The van der Waals surface area contributed by atoms with Crippen molar-refractivity contribution < 1.29 is 9.90 Å². The molecule has 0 unspecified atom stereocenters. The molecule has 1 aromatic rings. The molecule has 1 aliphatic carbocycles. The van der Waals surface area contributed by atoms with E-state index in [2.05, 4.69) is 6.07 Å². The van der Waals surface area contributed by atoms with Gasteiger partial charge in [0.15, 0.2) is 0 Å². The molecule has 92 valence electrons. The molecule has 3 N–H and O–H groups in total. The minimum atomic E-state index is -0.355. The molecule has 0 saturated heterocycles. The zero-order valence-corrected chi connectivity index (χ0v) is 10.1. The third-order valence-electron chi connectivity index (χ3n) is 3.61. The number of amides is 1. The third-order valence-corrected chi connectivity index (χ3v) is 3.61. The summed E-state index contributed by atoms with van der Waals surface area (Å²) in [4.78, 5) is 11.4. The van der Waals surface area contributed by atoms with Gasteiger partial charge in [-0.15, -0.1) is 0 Å². The lowest BCUT2D eigenvalue weighted by Gasteiger charge is -2.27. The number of hydrogen-bond donors (Lipinski definition) is 2. The van der Waals surface area contributed by atoms with Crippen molar-refractivity contribution in [3.8, 4) is 0 Å². The van der Waals surface area contributed by atoms with Crippen molar-refractivity contribution in [3.05, 3.63) is 34.9 Å². The van der Waals surface area contributed by atoms with Gasteiger partial charge in [0.1, 0.15) is 0 Å². The lowest BCUT2D eigenvalue weighted by molar-refractivity contribution is 0.0997. The Hall–Kier alpha value is -1.35. The molecule has 3 nitrogen and oxygen atoms in total. The van der Waals surface area contributed by atoms with Gasteiger partial charge in [0.2, 0.25) is 5.91 Å². The van der Waals surface area contributed by atoms with Gasteiger partial charge < -0.3 is 10.8 Å². The van der Waals surface area contributed by atoms with Crippen molar-refractivity contribution in [2.45, 2.75) is 44.6 Å². The Balaban J connectivity index is 2.30. The van der Waals surface area contributed by atoms with E-state index in [1.54, 1.807) is 0 Å². The van der Waals surface area contributed by atoms with E-state index in [9.17, 15) is 9.90 Å². The topological polar surface area (TPSA) is 63.3 Å². The Morgan fingerprint density at radius 1 is 1.29 bits per heavy atom. The Bertz CT molecular complexity index is 420. The van der Waals surface area contributed by atoms with Crippen molar-refractivity contribution in [1.29, 1.82) is 0 Å². The molecule has 3 heteroatoms. The molecule has 1 aliphatic rings. The molecular weight excluding hydrogens is 214 g/mol. The van der Waals surface area contributed by atoms with E-state index >= 15 is 0 Å². The van der Waals surface area contributed by atoms with Crippen LogP contribution in [0.4, 0.5) is 0 Å². The SMILES string of the molecule is Cc1ccc(C(N)=O)c(C2CCC(O)CC2)c1. The van der Waals surface area contributed by atoms with E-state index < -0.39 is 0 Å². The summed E-state index contributed by atoms with van der Waals surface area (Å²) < 4.78 is 0. The van der Waals surface area contributed by atoms with Gasteiger partial charge in [-0.05, 0) is 50.2 Å². The Morgan fingerprint density at radius 3 is 2.53 bits per heavy atom. The maximum Gasteiger partial charge on any atom is 0.248 e. The molecule has 1 amide bonds. The minimum Gasteiger partial charge on any atom is -0.393 e. The number of primary amides is 1. The van der Waals surface area contributed by atoms with Crippen LogP contribution in [-0.2, 0) is 0 Å². The molecule has 0 atom stereocenters. The Morgan fingerprint density at radius 2 is 1.94 bits per heavy atom. The highest BCUT2D eigenvalue weighted by atomic mass is 16.3. The first-order valence-corrected chi connectivity index (χ1v) is 6.16. The molecule has 17 heavy (non-hydrogen) atoms. The number of rotatable bonds is 2. The monoisotopic (exact) mass is 233 g/mol. The normalized spacial score (nSPS) is 24.6. The zero-order chi connectivity index (χ0) is 12.4. The van der Waals surface area contributed by atoms with Crippen LogP contribution < -0.4 is 5.73 Å². The summed E-state index contributed by atoms with van der Waals surface area (Å²) in [5, 5.41) is 9.52. The van der Waals surface area contributed by atoms with Gasteiger partial charge in [-0.25, -0.2) is 0 Å². The standard InChI is InChI=1S/C14H19NO2/c1-9-2-7-12(14(15)17)13(8-9)10-3-5-11(16)6-4-10/h2,7-8,10-11,16H,3-6H2,1H3,(H2,15,17). The van der Waals surface area contributed by atoms with Crippen molar-refractivity contribution in [1.82, 2.24) is 0 Å². The van der Waals surface area contributed by atoms with Crippen molar-refractivity contribution >= 4 is 5.91 Å². The van der Waals surface area contributed by atoms with Crippen LogP contribution in [0.15, 0.2) is 18.2 Å². The molecule has 0 spiro atoms. The van der Waals surface area contributed by atoms with Gasteiger partial charge in [-0.3, -0.25) is 4.79 Å². The molecule has 0 aromatic heterocycles. The second-order valence-corrected chi connectivity index (χ2v) is 4.96. The molecular formula is C14H19NO2. The highest BCUT2D eigenvalue weighted by Crippen LogP contribution is 2.34. The highest BCUT2D eigenvalue weighted by molar-refractivity contribution is 5.94. The third kappa shape index (κ3) is 2.67. The maximum atomic E-state index is 11.4. The second kappa shape index (κ2) is 4.88. The number of aliphatic hydroxyl groups is 1. The smallest absolute Gasteiger partial charge is 0.248 e. The molecule has 0 heterocycles. The fraction of sp³-hybridized carbons (Fsp3) is 0.500. The van der Waals surface area contributed by atoms with Crippen LogP contribution in [0, 0.1) is 6.92 Å². The summed E-state index contributed by atoms with van der Waals surface area (Å²) in [5.74, 6) is 0.00641. The van der Waals surface area contributed by atoms with Gasteiger partial charge in [-0.1, -0.05) is 17.7 Å². The van der Waals surface area contributed by atoms with E-state index in [4.69, 9.17) is 5.73 Å². The quantitative estimate of drug-likeness (QED) is 0.821. The number of benzene rings is 1. The fourth-order valence-corrected chi connectivity index (χ4v) is 2.63. The average Bonchev–Trinajstić information content (AvgIpc) is 2.29. The van der Waals surface area contributed by atoms with Gasteiger partial charge in [0.05, 0.1) is 6.10 Å². The lowest BCUT2D eigenvalue weighted by Crippen LogP contribution is -2.21. The summed E-state index contributed by atoms with van der Waals surface area (Å²) in [7, 11) is 0. The number of aryl methyl sites for hydroxylation is 1. The number of carbonyl (C=O) groups excluding carboxylic acids is 1. The molecule has 1 aromatic carbocycles. The van der Waals surface area contributed by atoms with Gasteiger partial charge >= 0.3 is 0 Å². The van der Waals surface area contributed by atoms with Crippen LogP contribution in [0.2, 0.25) is 0 Å². The van der Waals surface area contributed by atoms with Gasteiger partial charge in [0, 0.05) is 5.56 Å². The summed E-state index contributed by atoms with van der Waals surface area (Å²) >= 11 is 0. The second-order valence-electron chi connectivity index (χ2n) is 4.96. The minimum absolute atomic E-state index is 0.173. The van der Waals surface area contributed by atoms with E-state index in [0.717, 1.165) is 36.8 Å². The summed E-state index contributed by atoms with van der Waals surface area (Å²) in [6.07, 6.45) is 3.33. The van der Waals surface area contributed by atoms with E-state index in [-0.39, 0.29) is 12.0 Å². The fourth-order valence-electron chi connectivity index (χ4n) is 2.63. The van der Waals surface area contributed by atoms with Crippen LogP contribution >= 0.6 is 0 Å². The average molecular weight is 233 g/mol. The molecule has 0 bridgehead atoms. The van der Waals surface area contributed by atoms with Gasteiger partial charge in [0.25, 0.3) is 0 Å². The van der Waals surface area contributed by atoms with E-state index in [0.29, 0.717) is 11.5 Å². The van der Waals surface area contributed by atoms with Crippen LogP contribution in [0.3, 0.4) is 0 Å². The summed E-state index contributed by atoms with van der Waals surface area (Å²) in [6, 6.07) is 5.79. The number of carbonyl (C=O) groups is 1. The van der Waals surface area contributed by atoms with E-state index in [1.165, 1.54) is 0 Å². The molecule has 1 saturated carbocycles. The summed E-state index contributed by atoms with van der Waals surface area (Å²) in [6.45, 7) is 2.02. The van der Waals surface area contributed by atoms with E-state index in [1.807, 2.05) is 19.1 Å². The Labute approximate surface area is 102 Å². The molecule has 0 aliphatic heterocycles. The first-order chi connectivity index (χ1) is 8.08. The Kier molecular flexibility index (Phi) is 3.48. The predicted molar refractivity (Wildman–Crippen MR) is 66.9 cm³/mol. The first-order valence-electron chi connectivity index (χ1n) is 6.16. The molecule has 0 radical (unpaired) electrons. The van der Waals surface area contributed by atoms with Crippen LogP contribution in [-0.4, -0.2) is 17.1 Å².